The van der Waals surface area contributed by atoms with Crippen molar-refractivity contribution in [3.63, 3.8) is 0 Å². The van der Waals surface area contributed by atoms with Gasteiger partial charge in [0, 0.05) is 7.11 Å². The molecule has 0 saturated heterocycles. The van der Waals surface area contributed by atoms with Gasteiger partial charge in [0.25, 0.3) is 0 Å². The monoisotopic (exact) mass is 232 g/mol. The van der Waals surface area contributed by atoms with Gasteiger partial charge in [-0.1, -0.05) is 36.2 Å². The van der Waals surface area contributed by atoms with E-state index in [1.165, 1.54) is 12.0 Å². The second kappa shape index (κ2) is 5.01. The van der Waals surface area contributed by atoms with Crippen LogP contribution in [0.2, 0.25) is 10.0 Å². The lowest BCUT2D eigenvalue weighted by atomic mass is 10.1. The summed E-state index contributed by atoms with van der Waals surface area (Å²) in [5, 5.41) is 8.32. The molecule has 0 heterocycles. The van der Waals surface area contributed by atoms with E-state index in [0.717, 1.165) is 18.9 Å². The summed E-state index contributed by atoms with van der Waals surface area (Å²) >= 11 is 11.7. The van der Waals surface area contributed by atoms with E-state index in [1.54, 1.807) is 0 Å². The van der Waals surface area contributed by atoms with Gasteiger partial charge in [0.15, 0.2) is 0 Å². The Kier molecular flexibility index (Phi) is 4.24. The lowest BCUT2D eigenvalue weighted by Crippen LogP contribution is -1.80. The van der Waals surface area contributed by atoms with Crippen molar-refractivity contribution < 1.29 is 5.11 Å². The third-order valence-corrected chi connectivity index (χ3v) is 3.22. The average Bonchev–Trinajstić information content (AvgIpc) is 2.91. The normalized spacial score (nSPS) is 23.8. The van der Waals surface area contributed by atoms with Crippen LogP contribution in [0.15, 0.2) is 18.2 Å². The Morgan fingerprint density at radius 2 is 1.79 bits per heavy atom. The SMILES string of the molecule is CO.C[C@@H]1C[C@H]1c1ccc(Cl)c(Cl)c1. The van der Waals surface area contributed by atoms with Crippen LogP contribution in [0.3, 0.4) is 0 Å². The molecule has 0 spiro atoms. The molecule has 0 unspecified atom stereocenters. The van der Waals surface area contributed by atoms with E-state index in [4.69, 9.17) is 28.3 Å². The van der Waals surface area contributed by atoms with Gasteiger partial charge in [0.05, 0.1) is 10.0 Å². The Labute approximate surface area is 94.7 Å². The summed E-state index contributed by atoms with van der Waals surface area (Å²) in [6.45, 7) is 2.26. The van der Waals surface area contributed by atoms with Crippen LogP contribution in [0, 0.1) is 5.92 Å². The molecule has 2 atom stereocenters. The van der Waals surface area contributed by atoms with Crippen molar-refractivity contribution in [2.45, 2.75) is 19.3 Å². The van der Waals surface area contributed by atoms with Crippen molar-refractivity contribution >= 4 is 23.2 Å². The van der Waals surface area contributed by atoms with Crippen LogP contribution in [0.4, 0.5) is 0 Å². The van der Waals surface area contributed by atoms with Gasteiger partial charge in [-0.25, -0.2) is 0 Å². The van der Waals surface area contributed by atoms with E-state index in [9.17, 15) is 0 Å². The van der Waals surface area contributed by atoms with Crippen LogP contribution in [0.25, 0.3) is 0 Å². The molecule has 0 aliphatic heterocycles. The summed E-state index contributed by atoms with van der Waals surface area (Å²) in [6.07, 6.45) is 1.29. The van der Waals surface area contributed by atoms with Crippen molar-refractivity contribution in [1.82, 2.24) is 0 Å². The lowest BCUT2D eigenvalue weighted by Gasteiger charge is -2.00. The lowest BCUT2D eigenvalue weighted by molar-refractivity contribution is 0.399. The van der Waals surface area contributed by atoms with Gasteiger partial charge in [-0.3, -0.25) is 0 Å². The van der Waals surface area contributed by atoms with Crippen LogP contribution >= 0.6 is 23.2 Å². The third kappa shape index (κ3) is 2.63. The fraction of sp³-hybridized carbons (Fsp3) is 0.455. The highest BCUT2D eigenvalue weighted by molar-refractivity contribution is 6.42. The van der Waals surface area contributed by atoms with Gasteiger partial charge in [-0.05, 0) is 36.0 Å². The molecule has 0 radical (unpaired) electrons. The third-order valence-electron chi connectivity index (χ3n) is 2.48. The first-order chi connectivity index (χ1) is 6.68. The molecule has 0 aromatic heterocycles. The second-order valence-electron chi connectivity index (χ2n) is 3.49. The fourth-order valence-corrected chi connectivity index (χ4v) is 1.84. The summed E-state index contributed by atoms with van der Waals surface area (Å²) in [7, 11) is 1.00. The molecule has 78 valence electrons. The zero-order valence-electron chi connectivity index (χ0n) is 8.30. The van der Waals surface area contributed by atoms with Gasteiger partial charge in [0.2, 0.25) is 0 Å². The molecule has 1 fully saturated rings. The van der Waals surface area contributed by atoms with Crippen molar-refractivity contribution in [2.24, 2.45) is 5.92 Å². The Hall–Kier alpha value is -0.240. The average molecular weight is 233 g/mol. The van der Waals surface area contributed by atoms with Crippen molar-refractivity contribution in [3.05, 3.63) is 33.8 Å². The molecule has 0 bridgehead atoms. The van der Waals surface area contributed by atoms with E-state index < -0.39 is 0 Å². The molecule has 1 aliphatic rings. The van der Waals surface area contributed by atoms with Gasteiger partial charge in [-0.2, -0.15) is 0 Å². The van der Waals surface area contributed by atoms with E-state index in [2.05, 4.69) is 13.0 Å². The standard InChI is InChI=1S/C10H10Cl2.CH4O/c1-6-4-8(6)7-2-3-9(11)10(12)5-7;1-2/h2-3,5-6,8H,4H2,1H3;2H,1H3/t6-,8-;/m1./s1. The Morgan fingerprint density at radius 3 is 2.21 bits per heavy atom. The summed E-state index contributed by atoms with van der Waals surface area (Å²) < 4.78 is 0. The minimum Gasteiger partial charge on any atom is -0.400 e. The topological polar surface area (TPSA) is 20.2 Å². The highest BCUT2D eigenvalue weighted by Crippen LogP contribution is 2.47. The molecule has 1 saturated carbocycles. The van der Waals surface area contributed by atoms with Crippen LogP contribution in [0.5, 0.6) is 0 Å². The number of hydrogen-bond acceptors (Lipinski definition) is 1. The number of halogens is 2. The van der Waals surface area contributed by atoms with Crippen molar-refractivity contribution in [2.75, 3.05) is 7.11 Å². The summed E-state index contributed by atoms with van der Waals surface area (Å²) in [6, 6.07) is 5.94. The molecule has 1 aromatic rings. The molecule has 1 aromatic carbocycles. The van der Waals surface area contributed by atoms with E-state index in [1.807, 2.05) is 12.1 Å². The first kappa shape index (κ1) is 11.8. The molecular formula is C11H14Cl2O. The van der Waals surface area contributed by atoms with E-state index in [0.29, 0.717) is 10.0 Å². The molecule has 0 amide bonds. The van der Waals surface area contributed by atoms with Gasteiger partial charge in [-0.15, -0.1) is 0 Å². The minimum absolute atomic E-state index is 0.647. The predicted molar refractivity (Wildman–Crippen MR) is 61.1 cm³/mol. The Balaban J connectivity index is 0.000000461. The molecular weight excluding hydrogens is 219 g/mol. The summed E-state index contributed by atoms with van der Waals surface area (Å²) in [5.41, 5.74) is 1.33. The van der Waals surface area contributed by atoms with Gasteiger partial charge >= 0.3 is 0 Å². The van der Waals surface area contributed by atoms with Crippen LogP contribution in [-0.4, -0.2) is 12.2 Å². The fourth-order valence-electron chi connectivity index (χ4n) is 1.53. The maximum absolute atomic E-state index is 7.00. The first-order valence-corrected chi connectivity index (χ1v) is 5.33. The molecule has 14 heavy (non-hydrogen) atoms. The number of benzene rings is 1. The minimum atomic E-state index is 0.647. The van der Waals surface area contributed by atoms with Crippen LogP contribution < -0.4 is 0 Å². The van der Waals surface area contributed by atoms with Gasteiger partial charge in [0.1, 0.15) is 0 Å². The maximum Gasteiger partial charge on any atom is 0.0595 e. The predicted octanol–water partition coefficient (Wildman–Crippen LogP) is 3.73. The molecule has 1 aliphatic carbocycles. The summed E-state index contributed by atoms with van der Waals surface area (Å²) in [5.74, 6) is 1.54. The van der Waals surface area contributed by atoms with Crippen molar-refractivity contribution in [3.8, 4) is 0 Å². The van der Waals surface area contributed by atoms with Gasteiger partial charge < -0.3 is 5.11 Å². The summed E-state index contributed by atoms with van der Waals surface area (Å²) in [4.78, 5) is 0. The number of rotatable bonds is 1. The number of aliphatic hydroxyl groups excluding tert-OH is 1. The molecule has 3 heteroatoms. The quantitative estimate of drug-likeness (QED) is 0.783. The van der Waals surface area contributed by atoms with Crippen molar-refractivity contribution in [1.29, 1.82) is 0 Å². The second-order valence-corrected chi connectivity index (χ2v) is 4.31. The smallest absolute Gasteiger partial charge is 0.0595 e. The maximum atomic E-state index is 7.00. The largest absolute Gasteiger partial charge is 0.400 e. The molecule has 2 rings (SSSR count). The Bertz CT molecular complexity index is 312. The molecule has 1 N–H and O–H groups in total. The highest BCUT2D eigenvalue weighted by atomic mass is 35.5. The Morgan fingerprint density at radius 1 is 1.21 bits per heavy atom. The molecule has 1 nitrogen and oxygen atoms in total. The van der Waals surface area contributed by atoms with Crippen LogP contribution in [0.1, 0.15) is 24.8 Å². The van der Waals surface area contributed by atoms with E-state index in [-0.39, 0.29) is 0 Å². The van der Waals surface area contributed by atoms with E-state index >= 15 is 0 Å². The zero-order valence-corrected chi connectivity index (χ0v) is 9.81. The number of aliphatic hydroxyl groups is 1. The first-order valence-electron chi connectivity index (χ1n) is 4.58. The van der Waals surface area contributed by atoms with Crippen LogP contribution in [-0.2, 0) is 0 Å². The highest BCUT2D eigenvalue weighted by Gasteiger charge is 2.33. The number of hydrogen-bond donors (Lipinski definition) is 1. The zero-order chi connectivity index (χ0) is 10.7.